The fourth-order valence-corrected chi connectivity index (χ4v) is 2.96. The third kappa shape index (κ3) is 4.59. The van der Waals surface area contributed by atoms with Crippen molar-refractivity contribution < 1.29 is 33.3 Å². The van der Waals surface area contributed by atoms with Gasteiger partial charge in [0.2, 0.25) is 5.78 Å². The summed E-state index contributed by atoms with van der Waals surface area (Å²) < 4.78 is 20.7. The molecule has 29 heavy (non-hydrogen) atoms. The molecule has 0 aliphatic heterocycles. The lowest BCUT2D eigenvalue weighted by molar-refractivity contribution is 0.0313. The molecule has 1 N–H and O–H groups in total. The maximum Gasteiger partial charge on any atom is 0.342 e. The predicted octanol–water partition coefficient (Wildman–Crippen LogP) is 3.25. The number of benzene rings is 1. The summed E-state index contributed by atoms with van der Waals surface area (Å²) in [7, 11) is 2.90. The quantitative estimate of drug-likeness (QED) is 0.533. The van der Waals surface area contributed by atoms with Crippen LogP contribution in [0.25, 0.3) is 0 Å². The second-order valence-electron chi connectivity index (χ2n) is 6.32. The Labute approximate surface area is 169 Å². The van der Waals surface area contributed by atoms with E-state index in [9.17, 15) is 14.4 Å². The van der Waals surface area contributed by atoms with Crippen LogP contribution in [0.2, 0.25) is 0 Å². The molecule has 1 aromatic carbocycles. The molecule has 1 atom stereocenters. The molecule has 8 heteroatoms. The van der Waals surface area contributed by atoms with Gasteiger partial charge < -0.3 is 23.9 Å². The van der Waals surface area contributed by atoms with Crippen LogP contribution >= 0.6 is 0 Å². The van der Waals surface area contributed by atoms with Crippen molar-refractivity contribution in [2.24, 2.45) is 0 Å². The molecule has 1 aromatic heterocycles. The standard InChI is InChI=1S/C21H25NO7/c1-7-28-21(25)17-11(2)18(22-12(17)3)19(23)13(4)29-20(24)15-10-14(26-5)8-9-16(15)27-6/h8-10,13,22H,7H2,1-6H3/t13-/m0/s1. The second kappa shape index (κ2) is 9.27. The minimum atomic E-state index is -1.09. The molecule has 0 bridgehead atoms. The lowest BCUT2D eigenvalue weighted by Crippen LogP contribution is -2.25. The van der Waals surface area contributed by atoms with Crippen LogP contribution in [0.3, 0.4) is 0 Å². The Morgan fingerprint density at radius 3 is 2.34 bits per heavy atom. The number of esters is 2. The first-order chi connectivity index (χ1) is 13.7. The number of ketones is 1. The monoisotopic (exact) mass is 403 g/mol. The Kier molecular flexibility index (Phi) is 7.03. The number of nitrogens with one attached hydrogen (secondary N) is 1. The van der Waals surface area contributed by atoms with E-state index in [2.05, 4.69) is 4.98 Å². The Balaban J connectivity index is 2.25. The molecule has 0 saturated heterocycles. The highest BCUT2D eigenvalue weighted by atomic mass is 16.5. The summed E-state index contributed by atoms with van der Waals surface area (Å²) in [5.41, 5.74) is 1.61. The van der Waals surface area contributed by atoms with Crippen molar-refractivity contribution in [3.63, 3.8) is 0 Å². The van der Waals surface area contributed by atoms with E-state index in [1.54, 1.807) is 32.9 Å². The zero-order valence-corrected chi connectivity index (χ0v) is 17.4. The number of hydrogen-bond donors (Lipinski definition) is 1. The van der Waals surface area contributed by atoms with Crippen LogP contribution in [0.15, 0.2) is 18.2 Å². The van der Waals surface area contributed by atoms with Crippen LogP contribution in [0.4, 0.5) is 0 Å². The van der Waals surface area contributed by atoms with Gasteiger partial charge >= 0.3 is 11.9 Å². The normalized spacial score (nSPS) is 11.5. The molecule has 0 spiro atoms. The van der Waals surface area contributed by atoms with Gasteiger partial charge in [0.25, 0.3) is 0 Å². The van der Waals surface area contributed by atoms with E-state index in [0.717, 1.165) is 0 Å². The van der Waals surface area contributed by atoms with Gasteiger partial charge in [0.1, 0.15) is 17.1 Å². The largest absolute Gasteiger partial charge is 0.497 e. The van der Waals surface area contributed by atoms with Gasteiger partial charge in [0, 0.05) is 5.69 Å². The fourth-order valence-electron chi connectivity index (χ4n) is 2.96. The van der Waals surface area contributed by atoms with Crippen LogP contribution in [0.1, 0.15) is 56.3 Å². The van der Waals surface area contributed by atoms with E-state index < -0.39 is 23.8 Å². The number of hydrogen-bond acceptors (Lipinski definition) is 7. The molecule has 156 valence electrons. The minimum absolute atomic E-state index is 0.137. The Hall–Kier alpha value is -3.29. The number of aryl methyl sites for hydroxylation is 1. The summed E-state index contributed by atoms with van der Waals surface area (Å²) in [6.07, 6.45) is -1.09. The van der Waals surface area contributed by atoms with E-state index in [-0.39, 0.29) is 17.9 Å². The Bertz CT molecular complexity index is 929. The molecule has 8 nitrogen and oxygen atoms in total. The van der Waals surface area contributed by atoms with Gasteiger partial charge in [0.15, 0.2) is 6.10 Å². The number of Topliss-reactive ketones (excluding diaryl/α,β-unsaturated/α-hetero) is 1. The highest BCUT2D eigenvalue weighted by molar-refractivity contribution is 6.04. The zero-order chi connectivity index (χ0) is 21.7. The first kappa shape index (κ1) is 22.0. The van der Waals surface area contributed by atoms with E-state index in [0.29, 0.717) is 28.3 Å². The predicted molar refractivity (Wildman–Crippen MR) is 105 cm³/mol. The molecule has 0 radical (unpaired) electrons. The molecule has 0 saturated carbocycles. The average Bonchev–Trinajstić information content (AvgIpc) is 3.00. The van der Waals surface area contributed by atoms with Crippen molar-refractivity contribution in [2.75, 3.05) is 20.8 Å². The van der Waals surface area contributed by atoms with E-state index >= 15 is 0 Å². The maximum atomic E-state index is 12.8. The molecule has 0 amide bonds. The van der Waals surface area contributed by atoms with Gasteiger partial charge in [-0.2, -0.15) is 0 Å². The van der Waals surface area contributed by atoms with Gasteiger partial charge in [-0.1, -0.05) is 0 Å². The SMILES string of the molecule is CCOC(=O)c1c(C)[nH]c(C(=O)[C@H](C)OC(=O)c2cc(OC)ccc2OC)c1C. The average molecular weight is 403 g/mol. The van der Waals surface area contributed by atoms with Gasteiger partial charge in [0.05, 0.1) is 32.1 Å². The first-order valence-electron chi connectivity index (χ1n) is 9.08. The fraction of sp³-hybridized carbons (Fsp3) is 0.381. The number of rotatable bonds is 8. The molecule has 2 rings (SSSR count). The van der Waals surface area contributed by atoms with Crippen molar-refractivity contribution >= 4 is 17.7 Å². The number of carbonyl (C=O) groups is 3. The van der Waals surface area contributed by atoms with Crippen molar-refractivity contribution in [2.45, 2.75) is 33.8 Å². The molecular weight excluding hydrogens is 378 g/mol. The molecule has 1 heterocycles. The smallest absolute Gasteiger partial charge is 0.342 e. The highest BCUT2D eigenvalue weighted by Crippen LogP contribution is 2.26. The van der Waals surface area contributed by atoms with Crippen molar-refractivity contribution in [3.8, 4) is 11.5 Å². The van der Waals surface area contributed by atoms with Crippen LogP contribution in [-0.4, -0.2) is 49.6 Å². The summed E-state index contributed by atoms with van der Waals surface area (Å²) >= 11 is 0. The maximum absolute atomic E-state index is 12.8. The second-order valence-corrected chi connectivity index (χ2v) is 6.32. The van der Waals surface area contributed by atoms with E-state index in [1.165, 1.54) is 27.2 Å². The summed E-state index contributed by atoms with van der Waals surface area (Å²) in [4.78, 5) is 40.5. The van der Waals surface area contributed by atoms with E-state index in [1.807, 2.05) is 0 Å². The number of carbonyl (C=O) groups excluding carboxylic acids is 3. The van der Waals surface area contributed by atoms with Crippen molar-refractivity contribution in [1.82, 2.24) is 4.98 Å². The van der Waals surface area contributed by atoms with E-state index in [4.69, 9.17) is 18.9 Å². The molecule has 0 aliphatic carbocycles. The minimum Gasteiger partial charge on any atom is -0.497 e. The van der Waals surface area contributed by atoms with Gasteiger partial charge in [-0.15, -0.1) is 0 Å². The van der Waals surface area contributed by atoms with Crippen LogP contribution in [0, 0.1) is 13.8 Å². The summed E-state index contributed by atoms with van der Waals surface area (Å²) in [6, 6.07) is 4.69. The number of methoxy groups -OCH3 is 2. The number of ether oxygens (including phenoxy) is 4. The Morgan fingerprint density at radius 1 is 1.07 bits per heavy atom. The number of aromatic nitrogens is 1. The third-order valence-electron chi connectivity index (χ3n) is 4.44. The lowest BCUT2D eigenvalue weighted by Gasteiger charge is -2.14. The van der Waals surface area contributed by atoms with Crippen LogP contribution in [0.5, 0.6) is 11.5 Å². The molecule has 2 aromatic rings. The van der Waals surface area contributed by atoms with Crippen molar-refractivity contribution in [3.05, 3.63) is 46.3 Å². The third-order valence-corrected chi connectivity index (χ3v) is 4.44. The molecule has 0 fully saturated rings. The summed E-state index contributed by atoms with van der Waals surface area (Å²) in [5.74, 6) is -0.952. The first-order valence-corrected chi connectivity index (χ1v) is 9.08. The molecule has 0 unspecified atom stereocenters. The zero-order valence-electron chi connectivity index (χ0n) is 17.4. The Morgan fingerprint density at radius 2 is 1.76 bits per heavy atom. The van der Waals surface area contributed by atoms with Gasteiger partial charge in [-0.05, 0) is 51.5 Å². The van der Waals surface area contributed by atoms with Gasteiger partial charge in [-0.25, -0.2) is 9.59 Å². The number of H-pyrrole nitrogens is 1. The summed E-state index contributed by atoms with van der Waals surface area (Å²) in [5, 5.41) is 0. The van der Waals surface area contributed by atoms with Gasteiger partial charge in [-0.3, -0.25) is 4.79 Å². The highest BCUT2D eigenvalue weighted by Gasteiger charge is 2.28. The molecular formula is C21H25NO7. The van der Waals surface area contributed by atoms with Crippen LogP contribution < -0.4 is 9.47 Å². The lowest BCUT2D eigenvalue weighted by atomic mass is 10.1. The van der Waals surface area contributed by atoms with Crippen LogP contribution in [-0.2, 0) is 9.47 Å². The van der Waals surface area contributed by atoms with Crippen molar-refractivity contribution in [1.29, 1.82) is 0 Å². The number of aromatic amines is 1. The topological polar surface area (TPSA) is 104 Å². The summed E-state index contributed by atoms with van der Waals surface area (Å²) in [6.45, 7) is 6.71. The molecule has 0 aliphatic rings.